The summed E-state index contributed by atoms with van der Waals surface area (Å²) in [5, 5.41) is 6.70. The highest BCUT2D eigenvalue weighted by atomic mass is 127. The summed E-state index contributed by atoms with van der Waals surface area (Å²) >= 11 is 0. The van der Waals surface area contributed by atoms with Gasteiger partial charge in [0, 0.05) is 39.3 Å². The maximum Gasteiger partial charge on any atom is 0.191 e. The van der Waals surface area contributed by atoms with E-state index in [9.17, 15) is 0 Å². The molecule has 2 N–H and O–H groups in total. The van der Waals surface area contributed by atoms with Gasteiger partial charge in [-0.05, 0) is 24.1 Å². The molecule has 0 amide bonds. The number of hydrogen-bond acceptors (Lipinski definition) is 4. The molecule has 0 aliphatic carbocycles. The van der Waals surface area contributed by atoms with E-state index in [1.165, 1.54) is 5.56 Å². The number of aliphatic imine (C=N–C) groups is 1. The van der Waals surface area contributed by atoms with Gasteiger partial charge in [-0.25, -0.2) is 0 Å². The molecule has 0 aliphatic heterocycles. The van der Waals surface area contributed by atoms with Crippen LogP contribution in [0.2, 0.25) is 0 Å². The Labute approximate surface area is 175 Å². The second-order valence-electron chi connectivity index (χ2n) is 6.43. The van der Waals surface area contributed by atoms with Crippen molar-refractivity contribution in [2.45, 2.75) is 25.7 Å². The fraction of sp³-hybridized carbons (Fsp3) is 0.632. The lowest BCUT2D eigenvalue weighted by atomic mass is 9.84. The summed E-state index contributed by atoms with van der Waals surface area (Å²) in [5.74, 6) is 1.68. The van der Waals surface area contributed by atoms with E-state index in [1.807, 2.05) is 12.1 Å². The van der Waals surface area contributed by atoms with E-state index in [1.54, 1.807) is 21.3 Å². The van der Waals surface area contributed by atoms with Gasteiger partial charge in [0.15, 0.2) is 5.96 Å². The summed E-state index contributed by atoms with van der Waals surface area (Å²) in [7, 11) is 5.14. The fourth-order valence-corrected chi connectivity index (χ4v) is 2.30. The zero-order chi connectivity index (χ0) is 18.5. The first-order chi connectivity index (χ1) is 12.0. The number of hydrogen-bond donors (Lipinski definition) is 2. The lowest BCUT2D eigenvalue weighted by Crippen LogP contribution is -2.43. The number of methoxy groups -OCH3 is 2. The second-order valence-corrected chi connectivity index (χ2v) is 6.43. The first kappa shape index (κ1) is 24.9. The molecule has 7 heteroatoms. The average Bonchev–Trinajstić information content (AvgIpc) is 2.63. The Morgan fingerprint density at radius 1 is 1.12 bits per heavy atom. The van der Waals surface area contributed by atoms with Crippen molar-refractivity contribution in [2.75, 3.05) is 54.2 Å². The van der Waals surface area contributed by atoms with Gasteiger partial charge in [0.1, 0.15) is 5.75 Å². The topological polar surface area (TPSA) is 64.1 Å². The molecule has 0 unspecified atom stereocenters. The van der Waals surface area contributed by atoms with Crippen LogP contribution in [0.3, 0.4) is 0 Å². The highest BCUT2D eigenvalue weighted by molar-refractivity contribution is 14.0. The van der Waals surface area contributed by atoms with Crippen LogP contribution in [-0.2, 0) is 14.9 Å². The summed E-state index contributed by atoms with van der Waals surface area (Å²) in [6.07, 6.45) is 0.920. The fourth-order valence-electron chi connectivity index (χ4n) is 2.30. The van der Waals surface area contributed by atoms with Crippen molar-refractivity contribution in [1.29, 1.82) is 0 Å². The Hall–Kier alpha value is -1.06. The monoisotopic (exact) mass is 479 g/mol. The van der Waals surface area contributed by atoms with Crippen molar-refractivity contribution >= 4 is 29.9 Å². The zero-order valence-corrected chi connectivity index (χ0v) is 19.0. The Bertz CT molecular complexity index is 525. The third kappa shape index (κ3) is 9.59. The van der Waals surface area contributed by atoms with Crippen LogP contribution in [0.15, 0.2) is 29.3 Å². The minimum Gasteiger partial charge on any atom is -0.497 e. The van der Waals surface area contributed by atoms with Gasteiger partial charge in [-0.15, -0.1) is 24.0 Å². The van der Waals surface area contributed by atoms with Gasteiger partial charge >= 0.3 is 0 Å². The molecule has 0 spiro atoms. The molecule has 150 valence electrons. The first-order valence-corrected chi connectivity index (χ1v) is 8.69. The van der Waals surface area contributed by atoms with Crippen LogP contribution in [0.5, 0.6) is 5.75 Å². The molecule has 0 saturated carbocycles. The smallest absolute Gasteiger partial charge is 0.191 e. The molecule has 0 aliphatic rings. The van der Waals surface area contributed by atoms with Crippen LogP contribution in [0.25, 0.3) is 0 Å². The van der Waals surface area contributed by atoms with Gasteiger partial charge in [0.2, 0.25) is 0 Å². The zero-order valence-electron chi connectivity index (χ0n) is 16.6. The molecule has 0 heterocycles. The van der Waals surface area contributed by atoms with Gasteiger partial charge in [-0.2, -0.15) is 0 Å². The van der Waals surface area contributed by atoms with E-state index in [2.05, 4.69) is 41.6 Å². The molecular weight excluding hydrogens is 445 g/mol. The van der Waals surface area contributed by atoms with Gasteiger partial charge in [0.05, 0.1) is 20.3 Å². The molecule has 26 heavy (non-hydrogen) atoms. The lowest BCUT2D eigenvalue weighted by Gasteiger charge is -2.27. The third-order valence-electron chi connectivity index (χ3n) is 3.96. The van der Waals surface area contributed by atoms with Crippen LogP contribution in [0, 0.1) is 0 Å². The quantitative estimate of drug-likeness (QED) is 0.221. The highest BCUT2D eigenvalue weighted by Gasteiger charge is 2.21. The summed E-state index contributed by atoms with van der Waals surface area (Å²) in [6.45, 7) is 7.96. The van der Waals surface area contributed by atoms with E-state index in [-0.39, 0.29) is 29.4 Å². The van der Waals surface area contributed by atoms with Crippen LogP contribution >= 0.6 is 24.0 Å². The van der Waals surface area contributed by atoms with E-state index in [0.29, 0.717) is 19.8 Å². The molecule has 0 aromatic heterocycles. The molecule has 0 bridgehead atoms. The average molecular weight is 479 g/mol. The van der Waals surface area contributed by atoms with Crippen molar-refractivity contribution in [3.05, 3.63) is 29.8 Å². The second kappa shape index (κ2) is 14.1. The van der Waals surface area contributed by atoms with Gasteiger partial charge in [-0.1, -0.05) is 26.0 Å². The van der Waals surface area contributed by atoms with Crippen LogP contribution in [-0.4, -0.2) is 60.1 Å². The maximum atomic E-state index is 5.45. The summed E-state index contributed by atoms with van der Waals surface area (Å²) < 4.78 is 15.7. The standard InChI is InChI=1S/C19H33N3O3.HI/c1-19(2,16-8-6-9-17(14-16)24-5)15-22-18(20-3)21-10-7-11-25-13-12-23-4;/h6,8-9,14H,7,10-13,15H2,1-5H3,(H2,20,21,22);1H. The number of nitrogens with one attached hydrogen (secondary N) is 2. The molecular formula is C19H34IN3O3. The van der Waals surface area contributed by atoms with Gasteiger partial charge < -0.3 is 24.8 Å². The first-order valence-electron chi connectivity index (χ1n) is 8.69. The molecule has 0 saturated heterocycles. The minimum absolute atomic E-state index is 0. The largest absolute Gasteiger partial charge is 0.497 e. The van der Waals surface area contributed by atoms with Crippen molar-refractivity contribution in [2.24, 2.45) is 4.99 Å². The molecule has 0 atom stereocenters. The van der Waals surface area contributed by atoms with Crippen molar-refractivity contribution in [1.82, 2.24) is 10.6 Å². The number of guanidine groups is 1. The van der Waals surface area contributed by atoms with Gasteiger partial charge in [0.25, 0.3) is 0 Å². The molecule has 1 aromatic carbocycles. The number of benzene rings is 1. The molecule has 0 radical (unpaired) electrons. The normalized spacial score (nSPS) is 11.7. The van der Waals surface area contributed by atoms with E-state index in [4.69, 9.17) is 14.2 Å². The van der Waals surface area contributed by atoms with Crippen molar-refractivity contribution < 1.29 is 14.2 Å². The van der Waals surface area contributed by atoms with E-state index in [0.717, 1.165) is 31.2 Å². The Balaban J connectivity index is 0.00000625. The number of halogens is 1. The third-order valence-corrected chi connectivity index (χ3v) is 3.96. The summed E-state index contributed by atoms with van der Waals surface area (Å²) in [4.78, 5) is 4.27. The Morgan fingerprint density at radius 2 is 1.88 bits per heavy atom. The number of nitrogens with zero attached hydrogens (tertiary/aromatic N) is 1. The minimum atomic E-state index is -0.0462. The predicted octanol–water partition coefficient (Wildman–Crippen LogP) is 2.81. The van der Waals surface area contributed by atoms with Crippen LogP contribution in [0.1, 0.15) is 25.8 Å². The highest BCUT2D eigenvalue weighted by Crippen LogP contribution is 2.25. The molecule has 0 fully saturated rings. The van der Waals surface area contributed by atoms with Crippen molar-refractivity contribution in [3.8, 4) is 5.75 Å². The molecule has 1 rings (SSSR count). The van der Waals surface area contributed by atoms with Crippen molar-refractivity contribution in [3.63, 3.8) is 0 Å². The summed E-state index contributed by atoms with van der Waals surface area (Å²) in [5.41, 5.74) is 1.18. The SMILES string of the molecule is CN=C(NCCCOCCOC)NCC(C)(C)c1cccc(OC)c1.I. The summed E-state index contributed by atoms with van der Waals surface area (Å²) in [6, 6.07) is 8.18. The number of ether oxygens (including phenoxy) is 3. The van der Waals surface area contributed by atoms with Crippen LogP contribution < -0.4 is 15.4 Å². The maximum absolute atomic E-state index is 5.45. The Kier molecular flexibility index (Phi) is 13.5. The van der Waals surface area contributed by atoms with E-state index >= 15 is 0 Å². The predicted molar refractivity (Wildman–Crippen MR) is 118 cm³/mol. The molecule has 1 aromatic rings. The lowest BCUT2D eigenvalue weighted by molar-refractivity contribution is 0.0698. The number of rotatable bonds is 11. The van der Waals surface area contributed by atoms with E-state index < -0.39 is 0 Å². The Morgan fingerprint density at radius 3 is 2.54 bits per heavy atom. The molecule has 6 nitrogen and oxygen atoms in total. The van der Waals surface area contributed by atoms with Gasteiger partial charge in [-0.3, -0.25) is 4.99 Å². The van der Waals surface area contributed by atoms with Crippen LogP contribution in [0.4, 0.5) is 0 Å².